The molecule has 1 aromatic heterocycles. The molecule has 0 aliphatic carbocycles. The van der Waals surface area contributed by atoms with Crippen molar-refractivity contribution in [2.75, 3.05) is 13.1 Å². The number of aliphatic carboxylic acids is 1. The number of carbonyl (C=O) groups is 2. The first kappa shape index (κ1) is 13.0. The number of hydrogen-bond donors (Lipinski definition) is 1. The molecule has 0 unspecified atom stereocenters. The number of likely N-dealkylation sites (tertiary alicyclic amines) is 1. The number of rotatable bonds is 3. The van der Waals surface area contributed by atoms with Gasteiger partial charge in [-0.1, -0.05) is 6.92 Å². The summed E-state index contributed by atoms with van der Waals surface area (Å²) in [7, 11) is 0. The van der Waals surface area contributed by atoms with E-state index in [4.69, 9.17) is 5.11 Å². The Hall–Kier alpha value is -1.43. The van der Waals surface area contributed by atoms with Crippen LogP contribution >= 0.6 is 11.3 Å². The van der Waals surface area contributed by atoms with Crippen LogP contribution in [0, 0.1) is 5.92 Å². The maximum absolute atomic E-state index is 12.2. The lowest BCUT2D eigenvalue weighted by atomic mass is 9.98. The Balaban J connectivity index is 2.06. The van der Waals surface area contributed by atoms with Gasteiger partial charge in [-0.2, -0.15) is 0 Å². The number of aromatic nitrogens is 1. The molecule has 6 heteroatoms. The first-order chi connectivity index (χ1) is 8.61. The van der Waals surface area contributed by atoms with Crippen LogP contribution in [0.25, 0.3) is 0 Å². The van der Waals surface area contributed by atoms with Crippen LogP contribution < -0.4 is 0 Å². The number of carboxylic acids is 1. The molecule has 5 nitrogen and oxygen atoms in total. The Morgan fingerprint density at radius 2 is 2.39 bits per heavy atom. The fourth-order valence-corrected chi connectivity index (χ4v) is 2.92. The van der Waals surface area contributed by atoms with Crippen LogP contribution in [0.15, 0.2) is 6.20 Å². The van der Waals surface area contributed by atoms with E-state index in [0.717, 1.165) is 17.8 Å². The number of carboxylic acid groups (broad SMARTS) is 1. The summed E-state index contributed by atoms with van der Waals surface area (Å²) in [4.78, 5) is 29.6. The van der Waals surface area contributed by atoms with Gasteiger partial charge in [-0.05, 0) is 19.3 Å². The highest BCUT2D eigenvalue weighted by Gasteiger charge is 2.29. The third kappa shape index (κ3) is 2.69. The first-order valence-electron chi connectivity index (χ1n) is 6.08. The smallest absolute Gasteiger partial charge is 0.308 e. The van der Waals surface area contributed by atoms with Gasteiger partial charge in [0.15, 0.2) is 0 Å². The van der Waals surface area contributed by atoms with Gasteiger partial charge >= 0.3 is 5.97 Å². The molecule has 1 fully saturated rings. The molecule has 0 spiro atoms. The Kier molecular flexibility index (Phi) is 3.96. The quantitative estimate of drug-likeness (QED) is 0.904. The largest absolute Gasteiger partial charge is 0.481 e. The molecule has 1 saturated heterocycles. The molecule has 0 radical (unpaired) electrons. The summed E-state index contributed by atoms with van der Waals surface area (Å²) in [6, 6.07) is 0. The average Bonchev–Trinajstić information content (AvgIpc) is 2.86. The standard InChI is InChI=1S/C12H16N2O3S/c1-2-10-13-6-9(18-10)11(15)14-5-3-4-8(7-14)12(16)17/h6,8H,2-5,7H2,1H3,(H,16,17)/t8-/m0/s1. The average molecular weight is 268 g/mol. The zero-order valence-electron chi connectivity index (χ0n) is 10.3. The van der Waals surface area contributed by atoms with Crippen molar-refractivity contribution >= 4 is 23.2 Å². The number of carbonyl (C=O) groups excluding carboxylic acids is 1. The summed E-state index contributed by atoms with van der Waals surface area (Å²) < 4.78 is 0. The maximum Gasteiger partial charge on any atom is 0.308 e. The van der Waals surface area contributed by atoms with Gasteiger partial charge in [0.25, 0.3) is 5.91 Å². The molecule has 1 amide bonds. The van der Waals surface area contributed by atoms with Crippen LogP contribution in [0.3, 0.4) is 0 Å². The molecule has 1 aliphatic heterocycles. The zero-order valence-corrected chi connectivity index (χ0v) is 11.1. The highest BCUT2D eigenvalue weighted by molar-refractivity contribution is 7.13. The second kappa shape index (κ2) is 5.48. The van der Waals surface area contributed by atoms with E-state index in [2.05, 4.69) is 4.98 Å². The predicted octanol–water partition coefficient (Wildman–Crippen LogP) is 1.64. The van der Waals surface area contributed by atoms with Crippen molar-refractivity contribution in [3.63, 3.8) is 0 Å². The van der Waals surface area contributed by atoms with E-state index in [9.17, 15) is 9.59 Å². The van der Waals surface area contributed by atoms with Crippen LogP contribution in [0.2, 0.25) is 0 Å². The van der Waals surface area contributed by atoms with E-state index >= 15 is 0 Å². The molecule has 1 N–H and O–H groups in total. The van der Waals surface area contributed by atoms with E-state index in [1.165, 1.54) is 11.3 Å². The minimum Gasteiger partial charge on any atom is -0.481 e. The molecular weight excluding hydrogens is 252 g/mol. The zero-order chi connectivity index (χ0) is 13.1. The third-order valence-corrected chi connectivity index (χ3v) is 4.25. The summed E-state index contributed by atoms with van der Waals surface area (Å²) in [6.45, 7) is 2.95. The van der Waals surface area contributed by atoms with E-state index < -0.39 is 11.9 Å². The minimum atomic E-state index is -0.814. The van der Waals surface area contributed by atoms with Gasteiger partial charge < -0.3 is 10.0 Å². The Morgan fingerprint density at radius 1 is 1.61 bits per heavy atom. The van der Waals surface area contributed by atoms with Gasteiger partial charge in [0, 0.05) is 13.1 Å². The molecule has 0 saturated carbocycles. The van der Waals surface area contributed by atoms with E-state index in [-0.39, 0.29) is 5.91 Å². The molecule has 18 heavy (non-hydrogen) atoms. The molecule has 1 aliphatic rings. The van der Waals surface area contributed by atoms with Gasteiger partial charge in [-0.3, -0.25) is 9.59 Å². The van der Waals surface area contributed by atoms with E-state index in [0.29, 0.717) is 24.4 Å². The molecule has 2 rings (SSSR count). The fourth-order valence-electron chi connectivity index (χ4n) is 2.09. The Bertz CT molecular complexity index is 458. The normalized spacial score (nSPS) is 19.8. The third-order valence-electron chi connectivity index (χ3n) is 3.12. The lowest BCUT2D eigenvalue weighted by Gasteiger charge is -2.30. The number of aryl methyl sites for hydroxylation is 1. The molecule has 1 atom stereocenters. The topological polar surface area (TPSA) is 70.5 Å². The number of hydrogen-bond acceptors (Lipinski definition) is 4. The summed E-state index contributed by atoms with van der Waals surface area (Å²) >= 11 is 1.39. The summed E-state index contributed by atoms with van der Waals surface area (Å²) in [5.41, 5.74) is 0. The summed E-state index contributed by atoms with van der Waals surface area (Å²) in [5, 5.41) is 9.94. The maximum atomic E-state index is 12.2. The highest BCUT2D eigenvalue weighted by atomic mass is 32.1. The number of amides is 1. The summed E-state index contributed by atoms with van der Waals surface area (Å²) in [6.07, 6.45) is 3.82. The molecule has 0 aromatic carbocycles. The highest BCUT2D eigenvalue weighted by Crippen LogP contribution is 2.21. The van der Waals surface area contributed by atoms with Crippen molar-refractivity contribution < 1.29 is 14.7 Å². The lowest BCUT2D eigenvalue weighted by Crippen LogP contribution is -2.42. The van der Waals surface area contributed by atoms with Crippen molar-refractivity contribution in [2.45, 2.75) is 26.2 Å². The van der Waals surface area contributed by atoms with Crippen molar-refractivity contribution in [3.8, 4) is 0 Å². The number of thiazole rings is 1. The van der Waals surface area contributed by atoms with E-state index in [1.54, 1.807) is 11.1 Å². The van der Waals surface area contributed by atoms with E-state index in [1.807, 2.05) is 6.92 Å². The second-order valence-electron chi connectivity index (χ2n) is 4.40. The van der Waals surface area contributed by atoms with Gasteiger partial charge in [0.1, 0.15) is 4.88 Å². The van der Waals surface area contributed by atoms with Crippen LogP contribution in [0.1, 0.15) is 34.4 Å². The second-order valence-corrected chi connectivity index (χ2v) is 5.52. The Morgan fingerprint density at radius 3 is 3.00 bits per heavy atom. The Labute approximate surface area is 109 Å². The minimum absolute atomic E-state index is 0.0850. The van der Waals surface area contributed by atoms with Crippen LogP contribution in [0.5, 0.6) is 0 Å². The van der Waals surface area contributed by atoms with Gasteiger partial charge in [-0.15, -0.1) is 11.3 Å². The molecule has 98 valence electrons. The van der Waals surface area contributed by atoms with Crippen LogP contribution in [-0.4, -0.2) is 40.0 Å². The SMILES string of the molecule is CCc1ncc(C(=O)N2CCC[C@H](C(=O)O)C2)s1. The van der Waals surface area contributed by atoms with Crippen LogP contribution in [-0.2, 0) is 11.2 Å². The fraction of sp³-hybridized carbons (Fsp3) is 0.583. The van der Waals surface area contributed by atoms with Crippen LogP contribution in [0.4, 0.5) is 0 Å². The predicted molar refractivity (Wildman–Crippen MR) is 67.8 cm³/mol. The van der Waals surface area contributed by atoms with Gasteiger partial charge in [-0.25, -0.2) is 4.98 Å². The summed E-state index contributed by atoms with van der Waals surface area (Å²) in [5.74, 6) is -1.33. The van der Waals surface area contributed by atoms with Gasteiger partial charge in [0.05, 0.1) is 17.1 Å². The van der Waals surface area contributed by atoms with Crippen molar-refractivity contribution in [1.82, 2.24) is 9.88 Å². The molecule has 1 aromatic rings. The lowest BCUT2D eigenvalue weighted by molar-refractivity contribution is -0.143. The first-order valence-corrected chi connectivity index (χ1v) is 6.90. The van der Waals surface area contributed by atoms with Crippen molar-refractivity contribution in [1.29, 1.82) is 0 Å². The monoisotopic (exact) mass is 268 g/mol. The molecule has 2 heterocycles. The van der Waals surface area contributed by atoms with Gasteiger partial charge in [0.2, 0.25) is 0 Å². The number of piperidine rings is 1. The number of nitrogens with zero attached hydrogens (tertiary/aromatic N) is 2. The van der Waals surface area contributed by atoms with Crippen molar-refractivity contribution in [2.24, 2.45) is 5.92 Å². The van der Waals surface area contributed by atoms with Crippen molar-refractivity contribution in [3.05, 3.63) is 16.1 Å². The molecule has 0 bridgehead atoms. The molecular formula is C12H16N2O3S.